The van der Waals surface area contributed by atoms with E-state index in [1.165, 1.54) is 0 Å². The number of ether oxygens (including phenoxy) is 3. The van der Waals surface area contributed by atoms with Crippen LogP contribution in [0.3, 0.4) is 0 Å². The molecular formula is C22H29N3O4S. The van der Waals surface area contributed by atoms with Crippen molar-refractivity contribution in [2.75, 3.05) is 33.4 Å². The number of nitrogens with zero attached hydrogens (tertiary/aromatic N) is 1. The minimum Gasteiger partial charge on any atom is -0.497 e. The molecule has 162 valence electrons. The van der Waals surface area contributed by atoms with E-state index in [2.05, 4.69) is 10.3 Å². The molecule has 1 aromatic heterocycles. The molecule has 0 spiro atoms. The normalized spacial score (nSPS) is 21.1. The number of pyridine rings is 1. The molecule has 2 aliphatic rings. The second-order valence-electron chi connectivity index (χ2n) is 7.91. The van der Waals surface area contributed by atoms with E-state index in [9.17, 15) is 4.79 Å². The summed E-state index contributed by atoms with van der Waals surface area (Å²) < 4.78 is 16.8. The van der Waals surface area contributed by atoms with Crippen molar-refractivity contribution in [3.63, 3.8) is 0 Å². The molecule has 0 saturated carbocycles. The van der Waals surface area contributed by atoms with Gasteiger partial charge >= 0.3 is 0 Å². The standard InChI is InChI=1S/C22H29N3O4S/c1-27-17-7-6-15-10-16(21(26)24-20(15)11-17)13-25(14-19-5-3-9-29-19)22(30)23-12-18-4-2-8-28-18/h6-7,10-11,18-19H,2-5,8-9,12-14H2,1H3,(H,23,30)(H,24,26)/t18-,19+/m1/s1. The zero-order valence-electron chi connectivity index (χ0n) is 17.3. The zero-order valence-corrected chi connectivity index (χ0v) is 18.1. The summed E-state index contributed by atoms with van der Waals surface area (Å²) in [5.41, 5.74) is 1.31. The third kappa shape index (κ3) is 5.11. The monoisotopic (exact) mass is 431 g/mol. The Bertz CT molecular complexity index is 936. The summed E-state index contributed by atoms with van der Waals surface area (Å²) in [5.74, 6) is 0.713. The van der Waals surface area contributed by atoms with Crippen LogP contribution in [0.4, 0.5) is 0 Å². The van der Waals surface area contributed by atoms with E-state index < -0.39 is 0 Å². The molecule has 30 heavy (non-hydrogen) atoms. The van der Waals surface area contributed by atoms with Crippen LogP contribution in [0.5, 0.6) is 5.75 Å². The summed E-state index contributed by atoms with van der Waals surface area (Å²) in [5, 5.41) is 4.93. The highest BCUT2D eigenvalue weighted by atomic mass is 32.1. The van der Waals surface area contributed by atoms with E-state index in [1.54, 1.807) is 7.11 Å². The summed E-state index contributed by atoms with van der Waals surface area (Å²) in [6, 6.07) is 7.60. The highest BCUT2D eigenvalue weighted by molar-refractivity contribution is 7.80. The molecule has 0 radical (unpaired) electrons. The molecule has 0 amide bonds. The summed E-state index contributed by atoms with van der Waals surface area (Å²) in [6.07, 6.45) is 4.56. The van der Waals surface area contributed by atoms with Crippen LogP contribution in [-0.2, 0) is 16.0 Å². The van der Waals surface area contributed by atoms with E-state index in [0.717, 1.165) is 49.8 Å². The lowest BCUT2D eigenvalue weighted by Gasteiger charge is -2.28. The van der Waals surface area contributed by atoms with Gasteiger partial charge in [-0.3, -0.25) is 4.79 Å². The molecule has 2 atom stereocenters. The highest BCUT2D eigenvalue weighted by Crippen LogP contribution is 2.20. The van der Waals surface area contributed by atoms with Crippen molar-refractivity contribution in [3.05, 3.63) is 40.2 Å². The first-order valence-electron chi connectivity index (χ1n) is 10.6. The van der Waals surface area contributed by atoms with Crippen LogP contribution in [0, 0.1) is 0 Å². The average molecular weight is 432 g/mol. The summed E-state index contributed by atoms with van der Waals surface area (Å²) in [7, 11) is 1.61. The minimum absolute atomic E-state index is 0.116. The molecule has 2 N–H and O–H groups in total. The van der Waals surface area contributed by atoms with Gasteiger partial charge in [-0.2, -0.15) is 0 Å². The van der Waals surface area contributed by atoms with Gasteiger partial charge in [-0.25, -0.2) is 0 Å². The number of methoxy groups -OCH3 is 1. The van der Waals surface area contributed by atoms with Crippen LogP contribution in [0.1, 0.15) is 31.2 Å². The Morgan fingerprint density at radius 1 is 1.23 bits per heavy atom. The van der Waals surface area contributed by atoms with E-state index in [1.807, 2.05) is 29.2 Å². The molecule has 2 aliphatic heterocycles. The Morgan fingerprint density at radius 2 is 2.00 bits per heavy atom. The predicted molar refractivity (Wildman–Crippen MR) is 120 cm³/mol. The predicted octanol–water partition coefficient (Wildman–Crippen LogP) is 2.57. The minimum atomic E-state index is -0.116. The zero-order chi connectivity index (χ0) is 20.9. The number of H-pyrrole nitrogens is 1. The molecule has 8 heteroatoms. The molecule has 3 heterocycles. The molecule has 2 aromatic rings. The smallest absolute Gasteiger partial charge is 0.253 e. The molecule has 7 nitrogen and oxygen atoms in total. The van der Waals surface area contributed by atoms with Gasteiger partial charge in [-0.1, -0.05) is 0 Å². The third-order valence-electron chi connectivity index (χ3n) is 5.73. The molecule has 0 unspecified atom stereocenters. The van der Waals surface area contributed by atoms with Crippen molar-refractivity contribution in [1.82, 2.24) is 15.2 Å². The number of nitrogens with one attached hydrogen (secondary N) is 2. The van der Waals surface area contributed by atoms with Gasteiger partial charge in [-0.05, 0) is 61.5 Å². The Morgan fingerprint density at radius 3 is 2.70 bits per heavy atom. The first-order valence-corrected chi connectivity index (χ1v) is 11.0. The van der Waals surface area contributed by atoms with Gasteiger partial charge in [-0.15, -0.1) is 0 Å². The number of benzene rings is 1. The number of thiocarbonyl (C=S) groups is 1. The van der Waals surface area contributed by atoms with Gasteiger partial charge in [0.25, 0.3) is 5.56 Å². The maximum atomic E-state index is 12.8. The van der Waals surface area contributed by atoms with Gasteiger partial charge in [0.05, 0.1) is 31.4 Å². The van der Waals surface area contributed by atoms with Crippen LogP contribution < -0.4 is 15.6 Å². The fourth-order valence-electron chi connectivity index (χ4n) is 4.05. The fourth-order valence-corrected chi connectivity index (χ4v) is 4.27. The van der Waals surface area contributed by atoms with Crippen LogP contribution in [0.2, 0.25) is 0 Å². The number of hydrogen-bond donors (Lipinski definition) is 2. The third-order valence-corrected chi connectivity index (χ3v) is 6.13. The van der Waals surface area contributed by atoms with Crippen LogP contribution >= 0.6 is 12.2 Å². The average Bonchev–Trinajstić information content (AvgIpc) is 3.45. The molecule has 1 aromatic carbocycles. The first kappa shape index (κ1) is 21.1. The number of aromatic amines is 1. The SMILES string of the molecule is COc1ccc2cc(CN(C[C@@H]3CCCO3)C(=S)NC[C@H]3CCCO3)c(=O)[nH]c2c1. The lowest BCUT2D eigenvalue weighted by Crippen LogP contribution is -2.45. The number of fused-ring (bicyclic) bond motifs is 1. The maximum Gasteiger partial charge on any atom is 0.253 e. The summed E-state index contributed by atoms with van der Waals surface area (Å²) in [6.45, 7) is 3.38. The summed E-state index contributed by atoms with van der Waals surface area (Å²) >= 11 is 5.69. The Labute approximate surface area is 181 Å². The van der Waals surface area contributed by atoms with Gasteiger partial charge in [0, 0.05) is 37.9 Å². The van der Waals surface area contributed by atoms with Crippen molar-refractivity contribution in [2.24, 2.45) is 0 Å². The topological polar surface area (TPSA) is 75.8 Å². The van der Waals surface area contributed by atoms with Crippen LogP contribution in [-0.4, -0.2) is 60.6 Å². The Balaban J connectivity index is 1.51. The van der Waals surface area contributed by atoms with Gasteiger partial charge in [0.2, 0.25) is 0 Å². The first-order chi connectivity index (χ1) is 14.6. The van der Waals surface area contributed by atoms with Gasteiger partial charge in [0.15, 0.2) is 5.11 Å². The lowest BCUT2D eigenvalue weighted by atomic mass is 10.1. The van der Waals surface area contributed by atoms with Gasteiger partial charge in [0.1, 0.15) is 5.75 Å². The van der Waals surface area contributed by atoms with E-state index >= 15 is 0 Å². The maximum absolute atomic E-state index is 12.8. The van der Waals surface area contributed by atoms with Crippen molar-refractivity contribution in [2.45, 2.75) is 44.4 Å². The van der Waals surface area contributed by atoms with E-state index in [-0.39, 0.29) is 17.8 Å². The van der Waals surface area contributed by atoms with Crippen LogP contribution in [0.25, 0.3) is 10.9 Å². The highest BCUT2D eigenvalue weighted by Gasteiger charge is 2.23. The lowest BCUT2D eigenvalue weighted by molar-refractivity contribution is 0.0885. The molecule has 2 fully saturated rings. The van der Waals surface area contributed by atoms with E-state index in [0.29, 0.717) is 36.1 Å². The van der Waals surface area contributed by atoms with Gasteiger partial charge < -0.3 is 29.4 Å². The summed E-state index contributed by atoms with van der Waals surface area (Å²) in [4.78, 5) is 17.8. The quantitative estimate of drug-likeness (QED) is 0.653. The second-order valence-corrected chi connectivity index (χ2v) is 8.30. The van der Waals surface area contributed by atoms with Crippen molar-refractivity contribution in [1.29, 1.82) is 0 Å². The van der Waals surface area contributed by atoms with E-state index in [4.69, 9.17) is 26.4 Å². The molecule has 2 saturated heterocycles. The largest absolute Gasteiger partial charge is 0.497 e. The molecular weight excluding hydrogens is 402 g/mol. The Kier molecular flexibility index (Phi) is 6.86. The second kappa shape index (κ2) is 9.76. The molecule has 4 rings (SSSR count). The van der Waals surface area contributed by atoms with Crippen molar-refractivity contribution >= 4 is 28.2 Å². The number of hydrogen-bond acceptors (Lipinski definition) is 5. The number of rotatable bonds is 7. The fraction of sp³-hybridized carbons (Fsp3) is 0.545. The molecule has 0 bridgehead atoms. The Hall–Kier alpha value is -2.16. The van der Waals surface area contributed by atoms with Crippen molar-refractivity contribution < 1.29 is 14.2 Å². The van der Waals surface area contributed by atoms with Crippen molar-refractivity contribution in [3.8, 4) is 5.75 Å². The van der Waals surface area contributed by atoms with Crippen LogP contribution in [0.15, 0.2) is 29.1 Å². The molecule has 0 aliphatic carbocycles. The number of aromatic nitrogens is 1.